The van der Waals surface area contributed by atoms with Gasteiger partial charge in [0.15, 0.2) is 0 Å². The molecule has 242 valence electrons. The van der Waals surface area contributed by atoms with Crippen LogP contribution < -0.4 is 0 Å². The van der Waals surface area contributed by atoms with Gasteiger partial charge in [-0.3, -0.25) is 0 Å². The maximum Gasteiger partial charge on any atom is 0.376 e. The van der Waals surface area contributed by atoms with Crippen LogP contribution in [0.2, 0.25) is 0 Å². The van der Waals surface area contributed by atoms with Gasteiger partial charge in [0.05, 0.1) is 0 Å². The van der Waals surface area contributed by atoms with Crippen LogP contribution in [0.25, 0.3) is 0 Å². The minimum atomic E-state index is -3.40. The van der Waals surface area contributed by atoms with Crippen LogP contribution >= 0.6 is 0 Å². The molecule has 8 heteroatoms. The molecule has 4 unspecified atom stereocenters. The van der Waals surface area contributed by atoms with Gasteiger partial charge in [-0.1, -0.05) is 66.1 Å². The summed E-state index contributed by atoms with van der Waals surface area (Å²) in [7, 11) is 0. The lowest BCUT2D eigenvalue weighted by Crippen LogP contribution is -2.43. The normalized spacial score (nSPS) is 27.3. The van der Waals surface area contributed by atoms with Crippen molar-refractivity contribution in [3.05, 3.63) is 70.8 Å². The van der Waals surface area contributed by atoms with Gasteiger partial charge in [-0.2, -0.15) is 17.6 Å². The Labute approximate surface area is 258 Å². The second kappa shape index (κ2) is 14.5. The van der Waals surface area contributed by atoms with Crippen LogP contribution in [0.3, 0.4) is 0 Å². The number of benzene rings is 2. The number of ether oxygens (including phenoxy) is 2. The van der Waals surface area contributed by atoms with E-state index < -0.39 is 23.8 Å². The van der Waals surface area contributed by atoms with Crippen molar-refractivity contribution in [1.29, 1.82) is 0 Å². The van der Waals surface area contributed by atoms with E-state index in [0.717, 1.165) is 44.9 Å². The zero-order valence-electron chi connectivity index (χ0n) is 26.3. The molecule has 5 rings (SSSR count). The first-order valence-electron chi connectivity index (χ1n) is 16.0. The molecule has 0 aliphatic heterocycles. The predicted molar refractivity (Wildman–Crippen MR) is 162 cm³/mol. The molecule has 0 saturated heterocycles. The van der Waals surface area contributed by atoms with E-state index in [9.17, 15) is 27.2 Å². The fraction of sp³-hybridized carbons (Fsp3) is 0.611. The van der Waals surface area contributed by atoms with Crippen molar-refractivity contribution in [3.63, 3.8) is 0 Å². The van der Waals surface area contributed by atoms with Gasteiger partial charge in [-0.05, 0) is 106 Å². The highest BCUT2D eigenvalue weighted by Gasteiger charge is 2.45. The molecule has 0 bridgehead atoms. The Morgan fingerprint density at radius 1 is 0.614 bits per heavy atom. The summed E-state index contributed by atoms with van der Waals surface area (Å²) in [6.45, 7) is 5.32. The third-order valence-electron chi connectivity index (χ3n) is 9.60. The maximum atomic E-state index is 13.2. The number of esters is 2. The monoisotopic (exact) mass is 618 g/mol. The Morgan fingerprint density at radius 3 is 1.64 bits per heavy atom. The highest BCUT2D eigenvalue weighted by atomic mass is 19.3. The first-order chi connectivity index (χ1) is 20.7. The quantitative estimate of drug-likeness (QED) is 0.239. The van der Waals surface area contributed by atoms with Gasteiger partial charge >= 0.3 is 23.8 Å². The second-order valence-corrected chi connectivity index (χ2v) is 13.2. The van der Waals surface area contributed by atoms with E-state index in [2.05, 4.69) is 55.5 Å². The third-order valence-corrected chi connectivity index (χ3v) is 9.60. The van der Waals surface area contributed by atoms with Gasteiger partial charge in [-0.25, -0.2) is 9.59 Å². The van der Waals surface area contributed by atoms with Crippen molar-refractivity contribution in [2.45, 2.75) is 128 Å². The molecule has 44 heavy (non-hydrogen) atoms. The average molecular weight is 619 g/mol. The van der Waals surface area contributed by atoms with Gasteiger partial charge in [-0.15, -0.1) is 0 Å². The van der Waals surface area contributed by atoms with Gasteiger partial charge in [0.1, 0.15) is 12.2 Å². The van der Waals surface area contributed by atoms with Crippen LogP contribution in [-0.4, -0.2) is 36.0 Å². The smallest absolute Gasteiger partial charge is 0.376 e. The largest absolute Gasteiger partial charge is 0.458 e. The predicted octanol–water partition coefficient (Wildman–Crippen LogP) is 9.47. The second-order valence-electron chi connectivity index (χ2n) is 13.2. The standard InChI is InChI=1S/C20H26F2O2.C16H20F2O2/c1-13-9-11-14(12-10-13)15-5-3-7-17-16(15)6-4-8-18(17)24-19(23)20(2,21)22;1-11-3-5-12(6-4-11)13-7-9-14(10-8-13)20-15(19)16(2,17)18/h9-12,15-18H,3-8H2,1-2H3;3-6,13-14H,7-10H2,1-2H3. The van der Waals surface area contributed by atoms with Gasteiger partial charge in [0.2, 0.25) is 0 Å². The lowest BCUT2D eigenvalue weighted by molar-refractivity contribution is -0.182. The van der Waals surface area contributed by atoms with Crippen molar-refractivity contribution < 1.29 is 36.6 Å². The van der Waals surface area contributed by atoms with Crippen LogP contribution in [0.4, 0.5) is 17.6 Å². The van der Waals surface area contributed by atoms with E-state index in [-0.39, 0.29) is 18.1 Å². The molecule has 2 aromatic carbocycles. The molecule has 3 aliphatic carbocycles. The Kier molecular flexibility index (Phi) is 11.2. The molecular weight excluding hydrogens is 572 g/mol. The van der Waals surface area contributed by atoms with Gasteiger partial charge < -0.3 is 9.47 Å². The fourth-order valence-corrected chi connectivity index (χ4v) is 7.17. The molecule has 2 aromatic rings. The van der Waals surface area contributed by atoms with Crippen molar-refractivity contribution in [2.75, 3.05) is 0 Å². The summed E-state index contributed by atoms with van der Waals surface area (Å²) < 4.78 is 62.1. The van der Waals surface area contributed by atoms with E-state index in [1.54, 1.807) is 0 Å². The number of carbonyl (C=O) groups is 2. The SMILES string of the molecule is Cc1ccc(C2CCC(OC(=O)C(C)(F)F)CC2)cc1.Cc1ccc(C2CCCC3C(OC(=O)C(C)(F)F)CCCC23)cc1. The molecule has 4 atom stereocenters. The molecule has 0 N–H and O–H groups in total. The zero-order chi connectivity index (χ0) is 32.1. The molecule has 0 radical (unpaired) electrons. The van der Waals surface area contributed by atoms with Crippen molar-refractivity contribution in [1.82, 2.24) is 0 Å². The number of rotatable bonds is 6. The number of aryl methyl sites for hydroxylation is 2. The lowest BCUT2D eigenvalue weighted by Gasteiger charge is -2.45. The first kappa shape index (κ1) is 34.0. The van der Waals surface area contributed by atoms with E-state index in [0.29, 0.717) is 50.9 Å². The molecule has 0 spiro atoms. The summed E-state index contributed by atoms with van der Waals surface area (Å²) in [5.41, 5.74) is 5.08. The van der Waals surface area contributed by atoms with E-state index >= 15 is 0 Å². The Morgan fingerprint density at radius 2 is 1.09 bits per heavy atom. The van der Waals surface area contributed by atoms with E-state index in [1.165, 1.54) is 22.3 Å². The molecule has 0 amide bonds. The number of halogens is 4. The topological polar surface area (TPSA) is 52.6 Å². The molecular formula is C36H46F4O4. The Balaban J connectivity index is 0.000000204. The maximum absolute atomic E-state index is 13.2. The van der Waals surface area contributed by atoms with Crippen LogP contribution in [0, 0.1) is 25.7 Å². The summed E-state index contributed by atoms with van der Waals surface area (Å²) in [6, 6.07) is 17.1. The van der Waals surface area contributed by atoms with Crippen LogP contribution in [0.1, 0.15) is 112 Å². The van der Waals surface area contributed by atoms with Gasteiger partial charge in [0.25, 0.3) is 0 Å². The van der Waals surface area contributed by atoms with Crippen LogP contribution in [-0.2, 0) is 19.1 Å². The summed E-state index contributed by atoms with van der Waals surface area (Å²) in [6.07, 6.45) is 8.25. The van der Waals surface area contributed by atoms with Crippen molar-refractivity contribution >= 4 is 11.9 Å². The molecule has 4 nitrogen and oxygen atoms in total. The summed E-state index contributed by atoms with van der Waals surface area (Å²) in [4.78, 5) is 22.8. The summed E-state index contributed by atoms with van der Waals surface area (Å²) in [5.74, 6) is -8.04. The third kappa shape index (κ3) is 9.07. The molecule has 0 aromatic heterocycles. The molecule has 3 saturated carbocycles. The zero-order valence-corrected chi connectivity index (χ0v) is 26.3. The Bertz CT molecular complexity index is 1220. The number of carbonyl (C=O) groups excluding carboxylic acids is 2. The van der Waals surface area contributed by atoms with Crippen LogP contribution in [0.5, 0.6) is 0 Å². The van der Waals surface area contributed by atoms with Crippen molar-refractivity contribution in [3.8, 4) is 0 Å². The number of fused-ring (bicyclic) bond motifs is 1. The number of alkyl halides is 4. The van der Waals surface area contributed by atoms with Crippen molar-refractivity contribution in [2.24, 2.45) is 11.8 Å². The Hall–Kier alpha value is -2.90. The number of hydrogen-bond donors (Lipinski definition) is 0. The number of hydrogen-bond acceptors (Lipinski definition) is 4. The van der Waals surface area contributed by atoms with Crippen LogP contribution in [0.15, 0.2) is 48.5 Å². The van der Waals surface area contributed by atoms with E-state index in [4.69, 9.17) is 9.47 Å². The average Bonchev–Trinajstić information content (AvgIpc) is 2.98. The molecule has 3 fully saturated rings. The van der Waals surface area contributed by atoms with Gasteiger partial charge in [0, 0.05) is 13.8 Å². The lowest BCUT2D eigenvalue weighted by atomic mass is 9.62. The molecule has 0 heterocycles. The minimum absolute atomic E-state index is 0.213. The van der Waals surface area contributed by atoms with E-state index in [1.807, 2.05) is 6.92 Å². The fourth-order valence-electron chi connectivity index (χ4n) is 7.17. The highest BCUT2D eigenvalue weighted by molar-refractivity contribution is 5.77. The highest BCUT2D eigenvalue weighted by Crippen LogP contribution is 2.49. The molecule has 3 aliphatic rings. The first-order valence-corrected chi connectivity index (χ1v) is 16.0. The summed E-state index contributed by atoms with van der Waals surface area (Å²) in [5, 5.41) is 0. The summed E-state index contributed by atoms with van der Waals surface area (Å²) >= 11 is 0. The minimum Gasteiger partial charge on any atom is -0.458 e.